The normalized spacial score (nSPS) is 12.7. The minimum absolute atomic E-state index is 0.224. The highest BCUT2D eigenvalue weighted by Crippen LogP contribution is 2.21. The van der Waals surface area contributed by atoms with Crippen molar-refractivity contribution in [3.63, 3.8) is 0 Å². The first-order valence-electron chi connectivity index (χ1n) is 7.40. The van der Waals surface area contributed by atoms with E-state index < -0.39 is 5.54 Å². The second-order valence-corrected chi connectivity index (χ2v) is 6.34. The highest BCUT2D eigenvalue weighted by Gasteiger charge is 2.30. The first-order valence-corrected chi connectivity index (χ1v) is 7.40. The Morgan fingerprint density at radius 1 is 1.24 bits per heavy atom. The van der Waals surface area contributed by atoms with Crippen molar-refractivity contribution < 1.29 is 14.3 Å². The van der Waals surface area contributed by atoms with Crippen LogP contribution in [-0.2, 0) is 14.3 Å². The molecule has 0 aromatic heterocycles. The van der Waals surface area contributed by atoms with Crippen LogP contribution in [0.15, 0.2) is 12.2 Å². The molecule has 0 aliphatic heterocycles. The lowest BCUT2D eigenvalue weighted by atomic mass is 9.98. The summed E-state index contributed by atoms with van der Waals surface area (Å²) in [6.07, 6.45) is 5.12. The number of carbonyl (C=O) groups is 2. The van der Waals surface area contributed by atoms with E-state index in [1.807, 2.05) is 34.7 Å². The van der Waals surface area contributed by atoms with Crippen molar-refractivity contribution >= 4 is 12.3 Å². The SMILES string of the molecule is C/C=C\C(=O)N(C=O)C(C)(C)CCOC(C)(C)CCNC. The Morgan fingerprint density at radius 2 is 1.86 bits per heavy atom. The zero-order valence-electron chi connectivity index (χ0n) is 14.2. The standard InChI is InChI=1S/C16H30N2O3/c1-7-8-14(20)18(13-19)15(2,3)10-12-21-16(4,5)9-11-17-6/h7-8,13,17H,9-12H2,1-6H3/b8-7-. The fraction of sp³-hybridized carbons (Fsp3) is 0.750. The van der Waals surface area contributed by atoms with Gasteiger partial charge in [0.05, 0.1) is 5.60 Å². The van der Waals surface area contributed by atoms with Crippen molar-refractivity contribution in [2.24, 2.45) is 0 Å². The zero-order chi connectivity index (χ0) is 16.5. The molecule has 5 heteroatoms. The summed E-state index contributed by atoms with van der Waals surface area (Å²) in [5.41, 5.74) is -0.796. The average Bonchev–Trinajstić information content (AvgIpc) is 2.36. The number of allylic oxidation sites excluding steroid dienone is 1. The topological polar surface area (TPSA) is 58.6 Å². The molecular formula is C16H30N2O3. The van der Waals surface area contributed by atoms with E-state index in [0.717, 1.165) is 13.0 Å². The molecule has 0 aromatic carbocycles. The average molecular weight is 298 g/mol. The van der Waals surface area contributed by atoms with Gasteiger partial charge in [0.15, 0.2) is 0 Å². The molecule has 0 fully saturated rings. The Bertz CT molecular complexity index is 363. The van der Waals surface area contributed by atoms with Gasteiger partial charge < -0.3 is 10.1 Å². The Hall–Kier alpha value is -1.20. The van der Waals surface area contributed by atoms with Crippen molar-refractivity contribution in [3.8, 4) is 0 Å². The van der Waals surface area contributed by atoms with Gasteiger partial charge in [-0.15, -0.1) is 0 Å². The number of ether oxygens (including phenoxy) is 1. The number of imide groups is 1. The number of nitrogens with one attached hydrogen (secondary N) is 1. The second-order valence-electron chi connectivity index (χ2n) is 6.34. The zero-order valence-corrected chi connectivity index (χ0v) is 14.2. The van der Waals surface area contributed by atoms with Crippen LogP contribution in [0.3, 0.4) is 0 Å². The molecule has 0 saturated heterocycles. The summed E-state index contributed by atoms with van der Waals surface area (Å²) < 4.78 is 5.89. The van der Waals surface area contributed by atoms with E-state index >= 15 is 0 Å². The van der Waals surface area contributed by atoms with Crippen molar-refractivity contribution in [2.75, 3.05) is 20.2 Å². The van der Waals surface area contributed by atoms with Crippen molar-refractivity contribution in [2.45, 2.75) is 58.6 Å². The van der Waals surface area contributed by atoms with E-state index in [9.17, 15) is 9.59 Å². The Morgan fingerprint density at radius 3 is 2.33 bits per heavy atom. The maximum absolute atomic E-state index is 11.9. The van der Waals surface area contributed by atoms with Crippen LogP contribution in [0, 0.1) is 0 Å². The number of hydrogen-bond acceptors (Lipinski definition) is 4. The highest BCUT2D eigenvalue weighted by atomic mass is 16.5. The van der Waals surface area contributed by atoms with E-state index in [-0.39, 0.29) is 11.5 Å². The van der Waals surface area contributed by atoms with Gasteiger partial charge in [0, 0.05) is 12.1 Å². The van der Waals surface area contributed by atoms with E-state index in [1.54, 1.807) is 13.0 Å². The molecule has 0 atom stereocenters. The summed E-state index contributed by atoms with van der Waals surface area (Å²) in [6, 6.07) is 0. The Kier molecular flexibility index (Phi) is 8.44. The van der Waals surface area contributed by atoms with Gasteiger partial charge in [-0.2, -0.15) is 0 Å². The van der Waals surface area contributed by atoms with Crippen molar-refractivity contribution in [1.82, 2.24) is 10.2 Å². The van der Waals surface area contributed by atoms with Crippen LogP contribution in [0.2, 0.25) is 0 Å². The molecule has 0 unspecified atom stereocenters. The fourth-order valence-electron chi connectivity index (χ4n) is 1.91. The Labute approximate surface area is 128 Å². The lowest BCUT2D eigenvalue weighted by Gasteiger charge is -2.35. The van der Waals surface area contributed by atoms with Crippen LogP contribution in [0.5, 0.6) is 0 Å². The number of hydrogen-bond donors (Lipinski definition) is 1. The van der Waals surface area contributed by atoms with Crippen LogP contribution < -0.4 is 5.32 Å². The first kappa shape index (κ1) is 19.8. The maximum Gasteiger partial charge on any atom is 0.253 e. The molecule has 5 nitrogen and oxygen atoms in total. The molecule has 0 aromatic rings. The molecule has 0 saturated carbocycles. The maximum atomic E-state index is 11.9. The summed E-state index contributed by atoms with van der Waals surface area (Å²) in [7, 11) is 1.91. The van der Waals surface area contributed by atoms with Crippen LogP contribution >= 0.6 is 0 Å². The van der Waals surface area contributed by atoms with Gasteiger partial charge in [0.2, 0.25) is 6.41 Å². The molecule has 0 radical (unpaired) electrons. The molecule has 122 valence electrons. The third-order valence-corrected chi connectivity index (χ3v) is 3.49. The van der Waals surface area contributed by atoms with Crippen LogP contribution in [0.25, 0.3) is 0 Å². The van der Waals surface area contributed by atoms with E-state index in [1.165, 1.54) is 11.0 Å². The van der Waals surface area contributed by atoms with Crippen molar-refractivity contribution in [1.29, 1.82) is 0 Å². The third-order valence-electron chi connectivity index (χ3n) is 3.49. The number of carbonyl (C=O) groups excluding carboxylic acids is 2. The van der Waals surface area contributed by atoms with Crippen LogP contribution in [-0.4, -0.2) is 48.6 Å². The lowest BCUT2D eigenvalue weighted by Crippen LogP contribution is -2.47. The van der Waals surface area contributed by atoms with Gasteiger partial charge in [-0.25, -0.2) is 0 Å². The predicted molar refractivity (Wildman–Crippen MR) is 85.0 cm³/mol. The van der Waals surface area contributed by atoms with E-state index in [0.29, 0.717) is 19.4 Å². The van der Waals surface area contributed by atoms with Crippen molar-refractivity contribution in [3.05, 3.63) is 12.2 Å². The van der Waals surface area contributed by atoms with Crippen LogP contribution in [0.1, 0.15) is 47.5 Å². The fourth-order valence-corrected chi connectivity index (χ4v) is 1.91. The first-order chi connectivity index (χ1) is 9.70. The molecule has 0 aliphatic rings. The molecule has 0 heterocycles. The summed E-state index contributed by atoms with van der Waals surface area (Å²) in [5.74, 6) is -0.299. The largest absolute Gasteiger partial charge is 0.375 e. The summed E-state index contributed by atoms with van der Waals surface area (Å²) in [5, 5.41) is 3.10. The van der Waals surface area contributed by atoms with Gasteiger partial charge in [0.25, 0.3) is 5.91 Å². The number of amides is 2. The molecular weight excluding hydrogens is 268 g/mol. The van der Waals surface area contributed by atoms with Crippen LogP contribution in [0.4, 0.5) is 0 Å². The minimum Gasteiger partial charge on any atom is -0.375 e. The van der Waals surface area contributed by atoms with Gasteiger partial charge in [-0.3, -0.25) is 14.5 Å². The monoisotopic (exact) mass is 298 g/mol. The second kappa shape index (κ2) is 8.95. The molecule has 0 bridgehead atoms. The molecule has 1 N–H and O–H groups in total. The minimum atomic E-state index is -0.572. The smallest absolute Gasteiger partial charge is 0.253 e. The molecule has 2 amide bonds. The van der Waals surface area contributed by atoms with Gasteiger partial charge in [-0.1, -0.05) is 6.08 Å². The van der Waals surface area contributed by atoms with Gasteiger partial charge >= 0.3 is 0 Å². The molecule has 0 aliphatic carbocycles. The third kappa shape index (κ3) is 7.39. The lowest BCUT2D eigenvalue weighted by molar-refractivity contribution is -0.141. The molecule has 0 rings (SSSR count). The molecule has 21 heavy (non-hydrogen) atoms. The number of rotatable bonds is 10. The predicted octanol–water partition coefficient (Wildman–Crippen LogP) is 2.12. The number of nitrogens with zero attached hydrogens (tertiary/aromatic N) is 1. The van der Waals surface area contributed by atoms with Gasteiger partial charge in [-0.05, 0) is 67.1 Å². The quantitative estimate of drug-likeness (QED) is 0.496. The van der Waals surface area contributed by atoms with E-state index in [4.69, 9.17) is 4.74 Å². The Balaban J connectivity index is 4.52. The summed E-state index contributed by atoms with van der Waals surface area (Å²) >= 11 is 0. The summed E-state index contributed by atoms with van der Waals surface area (Å²) in [4.78, 5) is 24.3. The highest BCUT2D eigenvalue weighted by molar-refractivity contribution is 5.95. The van der Waals surface area contributed by atoms with E-state index in [2.05, 4.69) is 5.32 Å². The van der Waals surface area contributed by atoms with Gasteiger partial charge in [0.1, 0.15) is 0 Å². The molecule has 0 spiro atoms. The summed E-state index contributed by atoms with van der Waals surface area (Å²) in [6.45, 7) is 11.0.